The number of fused-ring (bicyclic) bond motifs is 1. The fourth-order valence-corrected chi connectivity index (χ4v) is 5.07. The number of hydrogen-bond acceptors (Lipinski definition) is 8. The number of nitrogens with one attached hydrogen (secondary N) is 4. The highest BCUT2D eigenvalue weighted by molar-refractivity contribution is 6.35. The fourth-order valence-electron chi connectivity index (χ4n) is 4.80. The number of nitriles is 1. The van der Waals surface area contributed by atoms with Crippen LogP contribution in [-0.2, 0) is 0 Å². The largest absolute Gasteiger partial charge is 0.413 e. The number of hydrogen-bond donors (Lipinski definition) is 4. The van der Waals surface area contributed by atoms with Crippen LogP contribution in [0.15, 0.2) is 42.4 Å². The summed E-state index contributed by atoms with van der Waals surface area (Å²) in [5, 5.41) is 18.2. The standard InChI is InChI=1S/C29H27ClF4N8/c1-5-27(3,4)15-37-24-17(12-35)13-36-25-20(24)10-18(11-21(25)30)39-26(19-6-7-23(31)38-16(19)2)22-14-42(41-40-22)28(8-9-28)29(32,33)34/h1,6-7,10-11,13-14,26,39-41H,8-9,15H2,2-4H3,(H,36,37)/t26-/m0/s1. The molecule has 0 spiro atoms. The molecular weight excluding hydrogens is 572 g/mol. The number of pyridine rings is 2. The number of terminal acetylenes is 1. The van der Waals surface area contributed by atoms with Crippen molar-refractivity contribution in [1.82, 2.24) is 25.9 Å². The minimum Gasteiger partial charge on any atom is -0.382 e. The molecule has 0 bridgehead atoms. The maximum absolute atomic E-state index is 13.9. The van der Waals surface area contributed by atoms with Gasteiger partial charge in [-0.1, -0.05) is 23.6 Å². The van der Waals surface area contributed by atoms with Crippen molar-refractivity contribution in [3.63, 3.8) is 0 Å². The van der Waals surface area contributed by atoms with Gasteiger partial charge in [0.15, 0.2) is 5.54 Å². The van der Waals surface area contributed by atoms with E-state index in [9.17, 15) is 22.8 Å². The Labute approximate surface area is 245 Å². The van der Waals surface area contributed by atoms with Gasteiger partial charge in [-0.25, -0.2) is 4.98 Å². The molecule has 4 N–H and O–H groups in total. The highest BCUT2D eigenvalue weighted by Crippen LogP contribution is 2.53. The van der Waals surface area contributed by atoms with E-state index in [0.29, 0.717) is 45.8 Å². The third-order valence-electron chi connectivity index (χ3n) is 7.47. The Morgan fingerprint density at radius 3 is 2.62 bits per heavy atom. The van der Waals surface area contributed by atoms with Gasteiger partial charge in [0.25, 0.3) is 0 Å². The minimum atomic E-state index is -4.45. The van der Waals surface area contributed by atoms with Gasteiger partial charge in [-0.05, 0) is 51.8 Å². The molecule has 3 heterocycles. The maximum atomic E-state index is 13.9. The first-order chi connectivity index (χ1) is 19.8. The molecule has 2 aliphatic rings. The predicted molar refractivity (Wildman–Crippen MR) is 152 cm³/mol. The lowest BCUT2D eigenvalue weighted by atomic mass is 9.94. The van der Waals surface area contributed by atoms with Crippen molar-refractivity contribution in [3.8, 4) is 18.4 Å². The Hall–Kier alpha value is -4.26. The Morgan fingerprint density at radius 1 is 1.26 bits per heavy atom. The molecule has 218 valence electrons. The van der Waals surface area contributed by atoms with Crippen LogP contribution < -0.4 is 21.6 Å². The van der Waals surface area contributed by atoms with Crippen molar-refractivity contribution in [2.75, 3.05) is 17.2 Å². The van der Waals surface area contributed by atoms with Crippen molar-refractivity contribution in [2.24, 2.45) is 5.41 Å². The Balaban J connectivity index is 1.58. The van der Waals surface area contributed by atoms with Crippen molar-refractivity contribution >= 4 is 33.9 Å². The second-order valence-corrected chi connectivity index (χ2v) is 11.4. The molecule has 5 rings (SSSR count). The minimum absolute atomic E-state index is 0.0506. The van der Waals surface area contributed by atoms with Crippen LogP contribution in [0.25, 0.3) is 10.9 Å². The van der Waals surface area contributed by atoms with Crippen molar-refractivity contribution in [2.45, 2.75) is 51.4 Å². The molecule has 42 heavy (non-hydrogen) atoms. The first-order valence-corrected chi connectivity index (χ1v) is 13.4. The summed E-state index contributed by atoms with van der Waals surface area (Å²) in [7, 11) is 0. The number of halogens is 5. The number of hydrazine groups is 2. The summed E-state index contributed by atoms with van der Waals surface area (Å²) >= 11 is 6.65. The van der Waals surface area contributed by atoms with E-state index in [0.717, 1.165) is 5.01 Å². The van der Waals surface area contributed by atoms with Gasteiger partial charge in [0.2, 0.25) is 5.95 Å². The van der Waals surface area contributed by atoms with Crippen molar-refractivity contribution in [1.29, 1.82) is 5.26 Å². The molecule has 13 heteroatoms. The molecule has 3 aromatic rings. The Bertz CT molecular complexity index is 1670. The van der Waals surface area contributed by atoms with Crippen LogP contribution in [0.1, 0.15) is 49.6 Å². The zero-order valence-corrected chi connectivity index (χ0v) is 23.7. The second kappa shape index (κ2) is 10.5. The number of aromatic nitrogens is 2. The fraction of sp³-hybridized carbons (Fsp3) is 0.345. The second-order valence-electron chi connectivity index (χ2n) is 11.0. The molecular formula is C29H27ClF4N8. The lowest BCUT2D eigenvalue weighted by Crippen LogP contribution is -2.52. The Kier molecular flexibility index (Phi) is 7.34. The van der Waals surface area contributed by atoms with E-state index >= 15 is 0 Å². The van der Waals surface area contributed by atoms with Crippen LogP contribution in [0, 0.1) is 42.0 Å². The van der Waals surface area contributed by atoms with E-state index < -0.39 is 29.1 Å². The first kappa shape index (κ1) is 29.2. The third kappa shape index (κ3) is 5.36. The number of anilines is 2. The van der Waals surface area contributed by atoms with E-state index in [4.69, 9.17) is 18.0 Å². The van der Waals surface area contributed by atoms with Crippen LogP contribution in [0.4, 0.5) is 28.9 Å². The van der Waals surface area contributed by atoms with E-state index in [2.05, 4.69) is 43.6 Å². The molecule has 1 aliphatic carbocycles. The quantitative estimate of drug-likeness (QED) is 0.140. The number of alkyl halides is 3. The molecule has 0 saturated heterocycles. The SMILES string of the molecule is C#CC(C)(C)CNc1c(C#N)cnc2c(Cl)cc(N[C@H](C3=CN(C4(C(F)(F)F)CC4)NN3)c3ccc(F)nc3C)cc12. The number of rotatable bonds is 8. The summed E-state index contributed by atoms with van der Waals surface area (Å²) in [6.45, 7) is 5.72. The average Bonchev–Trinajstić information content (AvgIpc) is 3.62. The smallest absolute Gasteiger partial charge is 0.382 e. The normalized spacial score (nSPS) is 16.7. The van der Waals surface area contributed by atoms with E-state index in [1.807, 2.05) is 13.8 Å². The van der Waals surface area contributed by atoms with Crippen LogP contribution in [0.5, 0.6) is 0 Å². The molecule has 0 amide bonds. The third-order valence-corrected chi connectivity index (χ3v) is 7.76. The number of benzene rings is 1. The lowest BCUT2D eigenvalue weighted by Gasteiger charge is -2.28. The molecule has 1 aromatic carbocycles. The van der Waals surface area contributed by atoms with Crippen LogP contribution >= 0.6 is 11.6 Å². The van der Waals surface area contributed by atoms with Crippen LogP contribution in [0.2, 0.25) is 5.02 Å². The molecule has 1 atom stereocenters. The van der Waals surface area contributed by atoms with Gasteiger partial charge in [0.1, 0.15) is 6.07 Å². The van der Waals surface area contributed by atoms with Gasteiger partial charge in [0.05, 0.1) is 33.5 Å². The van der Waals surface area contributed by atoms with Gasteiger partial charge in [-0.2, -0.15) is 22.8 Å². The molecule has 0 radical (unpaired) electrons. The zero-order chi connectivity index (χ0) is 30.4. The van der Waals surface area contributed by atoms with E-state index in [1.54, 1.807) is 19.1 Å². The predicted octanol–water partition coefficient (Wildman–Crippen LogP) is 6.09. The molecule has 8 nitrogen and oxygen atoms in total. The molecule has 0 unspecified atom stereocenters. The van der Waals surface area contributed by atoms with E-state index in [-0.39, 0.29) is 23.4 Å². The van der Waals surface area contributed by atoms with Crippen LogP contribution in [-0.4, -0.2) is 33.2 Å². The molecule has 1 saturated carbocycles. The highest BCUT2D eigenvalue weighted by atomic mass is 35.5. The summed E-state index contributed by atoms with van der Waals surface area (Å²) in [6, 6.07) is 7.39. The summed E-state index contributed by atoms with van der Waals surface area (Å²) < 4.78 is 55.4. The first-order valence-electron chi connectivity index (χ1n) is 13.0. The van der Waals surface area contributed by atoms with Gasteiger partial charge < -0.3 is 16.1 Å². The van der Waals surface area contributed by atoms with Crippen LogP contribution in [0.3, 0.4) is 0 Å². The maximum Gasteiger partial charge on any atom is 0.413 e. The number of nitrogens with zero attached hydrogens (tertiary/aromatic N) is 4. The van der Waals surface area contributed by atoms with Gasteiger partial charge in [-0.3, -0.25) is 9.99 Å². The monoisotopic (exact) mass is 598 g/mol. The zero-order valence-electron chi connectivity index (χ0n) is 22.9. The molecule has 2 aromatic heterocycles. The molecule has 1 fully saturated rings. The highest BCUT2D eigenvalue weighted by Gasteiger charge is 2.67. The average molecular weight is 599 g/mol. The summed E-state index contributed by atoms with van der Waals surface area (Å²) in [6.07, 6.45) is 3.88. The summed E-state index contributed by atoms with van der Waals surface area (Å²) in [5.41, 5.74) is 5.80. The lowest BCUT2D eigenvalue weighted by molar-refractivity contribution is -0.195. The van der Waals surface area contributed by atoms with Crippen molar-refractivity contribution < 1.29 is 17.6 Å². The van der Waals surface area contributed by atoms with Gasteiger partial charge >= 0.3 is 6.18 Å². The van der Waals surface area contributed by atoms with Gasteiger partial charge in [-0.15, -0.1) is 12.0 Å². The topological polar surface area (TPSA) is 101 Å². The Morgan fingerprint density at radius 2 is 2.00 bits per heavy atom. The number of aryl methyl sites for hydroxylation is 1. The van der Waals surface area contributed by atoms with Gasteiger partial charge in [0, 0.05) is 46.7 Å². The summed E-state index contributed by atoms with van der Waals surface area (Å²) in [5.74, 6) is 2.02. The summed E-state index contributed by atoms with van der Waals surface area (Å²) in [4.78, 5) is 8.27. The van der Waals surface area contributed by atoms with Crippen molar-refractivity contribution in [3.05, 3.63) is 70.2 Å². The molecule has 1 aliphatic heterocycles. The van der Waals surface area contributed by atoms with E-state index in [1.165, 1.54) is 24.5 Å².